The molecule has 76 valence electrons. The Morgan fingerprint density at radius 2 is 2.00 bits per heavy atom. The van der Waals surface area contributed by atoms with E-state index in [2.05, 4.69) is 20.9 Å². The summed E-state index contributed by atoms with van der Waals surface area (Å²) in [6, 6.07) is 0.742. The summed E-state index contributed by atoms with van der Waals surface area (Å²) in [6.45, 7) is 0. The minimum absolute atomic E-state index is 0.161. The molecule has 0 aromatic carbocycles. The molecule has 0 aliphatic heterocycles. The van der Waals surface area contributed by atoms with Gasteiger partial charge in [0.15, 0.2) is 11.5 Å². The zero-order valence-corrected chi connectivity index (χ0v) is 7.99. The fourth-order valence-corrected chi connectivity index (χ4v) is 1.02. The number of nitrogens with zero attached hydrogens (tertiary/aromatic N) is 1. The van der Waals surface area contributed by atoms with Crippen molar-refractivity contribution >= 4 is 21.7 Å². The molecule has 14 heavy (non-hydrogen) atoms. The number of ketones is 1. The smallest absolute Gasteiger partial charge is 0.282 e. The molecular formula is C7H2BrF4NO. The number of hydrogen-bond acceptors (Lipinski definition) is 2. The van der Waals surface area contributed by atoms with E-state index in [4.69, 9.17) is 0 Å². The van der Waals surface area contributed by atoms with Crippen molar-refractivity contribution in [1.82, 2.24) is 4.98 Å². The number of hydrogen-bond donors (Lipinski definition) is 0. The van der Waals surface area contributed by atoms with E-state index in [9.17, 15) is 22.4 Å². The predicted molar refractivity (Wildman–Crippen MR) is 42.3 cm³/mol. The molecule has 2 nitrogen and oxygen atoms in total. The highest BCUT2D eigenvalue weighted by Crippen LogP contribution is 2.22. The quantitative estimate of drug-likeness (QED) is 0.581. The summed E-state index contributed by atoms with van der Waals surface area (Å²) < 4.78 is 48.5. The summed E-state index contributed by atoms with van der Waals surface area (Å²) in [5, 5.41) is 0. The third kappa shape index (κ3) is 2.28. The molecule has 0 saturated heterocycles. The molecular weight excluding hydrogens is 270 g/mol. The molecule has 0 saturated carbocycles. The van der Waals surface area contributed by atoms with E-state index in [-0.39, 0.29) is 4.47 Å². The lowest BCUT2D eigenvalue weighted by molar-refractivity contribution is -0.0890. The SMILES string of the molecule is O=C(c1ncc(Br)cc1F)C(F)(F)F. The number of halogens is 5. The Hall–Kier alpha value is -0.980. The lowest BCUT2D eigenvalue weighted by Crippen LogP contribution is -2.24. The van der Waals surface area contributed by atoms with E-state index in [1.165, 1.54) is 0 Å². The number of alkyl halides is 3. The summed E-state index contributed by atoms with van der Waals surface area (Å²) in [4.78, 5) is 13.6. The second-order valence-corrected chi connectivity index (χ2v) is 3.23. The van der Waals surface area contributed by atoms with E-state index in [1.807, 2.05) is 0 Å². The zero-order chi connectivity index (χ0) is 10.9. The van der Waals surface area contributed by atoms with Gasteiger partial charge in [0.2, 0.25) is 0 Å². The lowest BCUT2D eigenvalue weighted by Gasteiger charge is -2.04. The van der Waals surface area contributed by atoms with Crippen LogP contribution < -0.4 is 0 Å². The molecule has 7 heteroatoms. The van der Waals surface area contributed by atoms with Crippen molar-refractivity contribution in [1.29, 1.82) is 0 Å². The first-order valence-corrected chi connectivity index (χ1v) is 4.04. The fourth-order valence-electron chi connectivity index (χ4n) is 0.716. The number of carbonyl (C=O) groups excluding carboxylic acids is 1. The highest BCUT2D eigenvalue weighted by atomic mass is 79.9. The van der Waals surface area contributed by atoms with Crippen LogP contribution in [0.25, 0.3) is 0 Å². The van der Waals surface area contributed by atoms with E-state index in [1.54, 1.807) is 0 Å². The largest absolute Gasteiger partial charge is 0.456 e. The highest BCUT2D eigenvalue weighted by Gasteiger charge is 2.41. The average Bonchev–Trinajstić information content (AvgIpc) is 2.01. The second kappa shape index (κ2) is 3.64. The minimum atomic E-state index is -5.11. The Balaban J connectivity index is 3.15. The molecule has 0 aliphatic carbocycles. The van der Waals surface area contributed by atoms with Crippen molar-refractivity contribution in [3.8, 4) is 0 Å². The van der Waals surface area contributed by atoms with Gasteiger partial charge in [0, 0.05) is 10.7 Å². The van der Waals surface area contributed by atoms with Gasteiger partial charge in [-0.25, -0.2) is 9.37 Å². The van der Waals surface area contributed by atoms with Crippen molar-refractivity contribution < 1.29 is 22.4 Å². The standard InChI is InChI=1S/C7H2BrF4NO/c8-3-1-4(9)5(13-2-3)6(14)7(10,11)12/h1-2H. The van der Waals surface area contributed by atoms with Gasteiger partial charge in [-0.2, -0.15) is 13.2 Å². The molecule has 1 aromatic heterocycles. The summed E-state index contributed by atoms with van der Waals surface area (Å²) in [5.74, 6) is -3.59. The van der Waals surface area contributed by atoms with Crippen LogP contribution in [0.5, 0.6) is 0 Å². The van der Waals surface area contributed by atoms with E-state index in [0.29, 0.717) is 0 Å². The minimum Gasteiger partial charge on any atom is -0.282 e. The van der Waals surface area contributed by atoms with Gasteiger partial charge >= 0.3 is 6.18 Å². The summed E-state index contributed by atoms with van der Waals surface area (Å²) in [7, 11) is 0. The molecule has 0 aliphatic rings. The third-order valence-corrected chi connectivity index (χ3v) is 1.71. The monoisotopic (exact) mass is 271 g/mol. The van der Waals surface area contributed by atoms with Crippen molar-refractivity contribution in [3.63, 3.8) is 0 Å². The van der Waals surface area contributed by atoms with Gasteiger partial charge in [0.1, 0.15) is 0 Å². The number of rotatable bonds is 1. The van der Waals surface area contributed by atoms with Gasteiger partial charge in [-0.3, -0.25) is 4.79 Å². The van der Waals surface area contributed by atoms with Crippen LogP contribution in [0.1, 0.15) is 10.5 Å². The fraction of sp³-hybridized carbons (Fsp3) is 0.143. The van der Waals surface area contributed by atoms with Crippen LogP contribution in [0.4, 0.5) is 17.6 Å². The molecule has 0 N–H and O–H groups in total. The number of aromatic nitrogens is 1. The zero-order valence-electron chi connectivity index (χ0n) is 6.40. The second-order valence-electron chi connectivity index (χ2n) is 2.31. The first-order valence-electron chi connectivity index (χ1n) is 3.25. The van der Waals surface area contributed by atoms with Crippen molar-refractivity contribution in [3.05, 3.63) is 28.2 Å². The first kappa shape index (κ1) is 11.1. The van der Waals surface area contributed by atoms with Crippen LogP contribution in [-0.2, 0) is 0 Å². The van der Waals surface area contributed by atoms with E-state index in [0.717, 1.165) is 12.3 Å². The van der Waals surface area contributed by atoms with Gasteiger partial charge in [0.25, 0.3) is 5.78 Å². The maximum absolute atomic E-state index is 12.8. The van der Waals surface area contributed by atoms with Crippen LogP contribution in [-0.4, -0.2) is 16.9 Å². The molecule has 0 unspecified atom stereocenters. The van der Waals surface area contributed by atoms with Gasteiger partial charge in [0.05, 0.1) is 0 Å². The van der Waals surface area contributed by atoms with Crippen molar-refractivity contribution in [2.45, 2.75) is 6.18 Å². The Bertz CT molecular complexity index is 376. The van der Waals surface area contributed by atoms with Crippen LogP contribution in [0.2, 0.25) is 0 Å². The predicted octanol–water partition coefficient (Wildman–Crippen LogP) is 2.73. The Kier molecular flexibility index (Phi) is 2.89. The maximum Gasteiger partial charge on any atom is 0.456 e. The summed E-state index contributed by atoms with van der Waals surface area (Å²) >= 11 is 2.80. The summed E-state index contributed by atoms with van der Waals surface area (Å²) in [5.41, 5.74) is -1.22. The lowest BCUT2D eigenvalue weighted by atomic mass is 10.2. The highest BCUT2D eigenvalue weighted by molar-refractivity contribution is 9.10. The molecule has 0 spiro atoms. The van der Waals surface area contributed by atoms with E-state index >= 15 is 0 Å². The summed E-state index contributed by atoms with van der Waals surface area (Å²) in [6.07, 6.45) is -4.19. The number of pyridine rings is 1. The van der Waals surface area contributed by atoms with Crippen LogP contribution >= 0.6 is 15.9 Å². The molecule has 1 rings (SSSR count). The Labute approximate surface area is 84.1 Å². The number of carbonyl (C=O) groups is 1. The van der Waals surface area contributed by atoms with Gasteiger partial charge < -0.3 is 0 Å². The Morgan fingerprint density at radius 1 is 1.43 bits per heavy atom. The molecule has 0 bridgehead atoms. The maximum atomic E-state index is 12.8. The van der Waals surface area contributed by atoms with Crippen molar-refractivity contribution in [2.24, 2.45) is 0 Å². The molecule has 0 atom stereocenters. The van der Waals surface area contributed by atoms with Gasteiger partial charge in [-0.1, -0.05) is 0 Å². The molecule has 1 aromatic rings. The van der Waals surface area contributed by atoms with Gasteiger partial charge in [-0.05, 0) is 22.0 Å². The Morgan fingerprint density at radius 3 is 2.43 bits per heavy atom. The average molecular weight is 272 g/mol. The normalized spacial score (nSPS) is 11.5. The van der Waals surface area contributed by atoms with Gasteiger partial charge in [-0.15, -0.1) is 0 Å². The molecule has 0 fully saturated rings. The molecule has 1 heterocycles. The van der Waals surface area contributed by atoms with Crippen LogP contribution in [0, 0.1) is 5.82 Å². The third-order valence-electron chi connectivity index (χ3n) is 1.28. The van der Waals surface area contributed by atoms with E-state index < -0.39 is 23.5 Å². The first-order chi connectivity index (χ1) is 6.32. The van der Waals surface area contributed by atoms with Crippen LogP contribution in [0.3, 0.4) is 0 Å². The van der Waals surface area contributed by atoms with Crippen LogP contribution in [0.15, 0.2) is 16.7 Å². The molecule has 0 radical (unpaired) electrons. The topological polar surface area (TPSA) is 30.0 Å². The van der Waals surface area contributed by atoms with Crippen molar-refractivity contribution in [2.75, 3.05) is 0 Å². The molecule has 0 amide bonds. The number of Topliss-reactive ketones (excluding diaryl/α,β-unsaturated/α-hetero) is 1.